The summed E-state index contributed by atoms with van der Waals surface area (Å²) in [5.41, 5.74) is 0.622. The average molecular weight is 344 g/mol. The summed E-state index contributed by atoms with van der Waals surface area (Å²) in [5, 5.41) is 2.90. The molecule has 6 nitrogen and oxygen atoms in total. The molecular weight excluding hydrogens is 323 g/mol. The van der Waals surface area contributed by atoms with E-state index >= 15 is 0 Å². The minimum Gasteiger partial charge on any atom is -0.356 e. The summed E-state index contributed by atoms with van der Waals surface area (Å²) in [6.45, 7) is 3.61. The van der Waals surface area contributed by atoms with Crippen molar-refractivity contribution in [2.75, 3.05) is 18.0 Å². The van der Waals surface area contributed by atoms with Crippen LogP contribution in [0.15, 0.2) is 36.7 Å². The molecule has 0 aliphatic carbocycles. The molecule has 7 heteroatoms. The van der Waals surface area contributed by atoms with E-state index in [0.29, 0.717) is 18.8 Å². The number of carbonyl (C=O) groups excluding carboxylic acids is 2. The number of benzene rings is 1. The molecule has 2 heterocycles. The van der Waals surface area contributed by atoms with E-state index in [0.717, 1.165) is 18.8 Å². The quantitative estimate of drug-likeness (QED) is 0.814. The smallest absolute Gasteiger partial charge is 0.227 e. The fourth-order valence-electron chi connectivity index (χ4n) is 3.00. The molecule has 1 aliphatic rings. The zero-order valence-corrected chi connectivity index (χ0v) is 14.1. The summed E-state index contributed by atoms with van der Waals surface area (Å²) in [6.07, 6.45) is 4.64. The highest BCUT2D eigenvalue weighted by Crippen LogP contribution is 2.25. The highest BCUT2D eigenvalue weighted by atomic mass is 19.1. The first-order valence-corrected chi connectivity index (χ1v) is 8.36. The highest BCUT2D eigenvalue weighted by Gasteiger charge is 2.34. The Bertz CT molecular complexity index is 757. The summed E-state index contributed by atoms with van der Waals surface area (Å²) in [5.74, 6) is 0.00845. The lowest BCUT2D eigenvalue weighted by Crippen LogP contribution is -2.33. The predicted molar refractivity (Wildman–Crippen MR) is 91.5 cm³/mol. The molecule has 1 aliphatic heterocycles. The number of hydrogen-bond donors (Lipinski definition) is 1. The van der Waals surface area contributed by atoms with Gasteiger partial charge in [-0.3, -0.25) is 9.59 Å². The SMILES string of the molecule is Cc1nccn1CCCNC(=O)[C@H]1CC(=O)N(c2ccc(F)cc2)C1. The Morgan fingerprint density at radius 3 is 2.80 bits per heavy atom. The molecule has 1 atom stereocenters. The van der Waals surface area contributed by atoms with Crippen molar-refractivity contribution < 1.29 is 14.0 Å². The lowest BCUT2D eigenvalue weighted by Gasteiger charge is -2.16. The molecule has 0 bridgehead atoms. The Hall–Kier alpha value is -2.70. The standard InChI is InChI=1S/C18H21FN4O2/c1-13-20-8-10-22(13)9-2-7-21-18(25)14-11-17(24)23(12-14)16-5-3-15(19)4-6-16/h3-6,8,10,14H,2,7,9,11-12H2,1H3,(H,21,25)/t14-/m0/s1. The molecule has 25 heavy (non-hydrogen) atoms. The summed E-state index contributed by atoms with van der Waals surface area (Å²) in [7, 11) is 0. The third-order valence-corrected chi connectivity index (χ3v) is 4.43. The number of halogens is 1. The number of aromatic nitrogens is 2. The van der Waals surface area contributed by atoms with Gasteiger partial charge in [-0.15, -0.1) is 0 Å². The summed E-state index contributed by atoms with van der Waals surface area (Å²) in [4.78, 5) is 30.1. The molecule has 0 spiro atoms. The molecular formula is C18H21FN4O2. The number of carbonyl (C=O) groups is 2. The van der Waals surface area contributed by atoms with Crippen molar-refractivity contribution in [3.63, 3.8) is 0 Å². The van der Waals surface area contributed by atoms with E-state index in [4.69, 9.17) is 0 Å². The second kappa shape index (κ2) is 7.46. The van der Waals surface area contributed by atoms with Crippen LogP contribution in [0.1, 0.15) is 18.7 Å². The maximum atomic E-state index is 13.0. The van der Waals surface area contributed by atoms with Gasteiger partial charge < -0.3 is 14.8 Å². The van der Waals surface area contributed by atoms with Gasteiger partial charge in [0.1, 0.15) is 11.6 Å². The van der Waals surface area contributed by atoms with Crippen LogP contribution in [0.2, 0.25) is 0 Å². The van der Waals surface area contributed by atoms with Crippen molar-refractivity contribution >= 4 is 17.5 Å². The van der Waals surface area contributed by atoms with Crippen LogP contribution < -0.4 is 10.2 Å². The topological polar surface area (TPSA) is 67.2 Å². The fraction of sp³-hybridized carbons (Fsp3) is 0.389. The Balaban J connectivity index is 1.47. The van der Waals surface area contributed by atoms with E-state index < -0.39 is 0 Å². The second-order valence-corrected chi connectivity index (χ2v) is 6.19. The van der Waals surface area contributed by atoms with Gasteiger partial charge >= 0.3 is 0 Å². The molecule has 0 radical (unpaired) electrons. The van der Waals surface area contributed by atoms with Crippen LogP contribution >= 0.6 is 0 Å². The van der Waals surface area contributed by atoms with Gasteiger partial charge in [-0.1, -0.05) is 0 Å². The van der Waals surface area contributed by atoms with Crippen molar-refractivity contribution in [3.8, 4) is 0 Å². The van der Waals surface area contributed by atoms with Gasteiger partial charge in [-0.2, -0.15) is 0 Å². The molecule has 1 aromatic carbocycles. The summed E-state index contributed by atoms with van der Waals surface area (Å²) in [6, 6.07) is 5.74. The number of nitrogens with zero attached hydrogens (tertiary/aromatic N) is 3. The number of nitrogens with one attached hydrogen (secondary N) is 1. The number of hydrogen-bond acceptors (Lipinski definition) is 3. The van der Waals surface area contributed by atoms with E-state index in [1.165, 1.54) is 12.1 Å². The van der Waals surface area contributed by atoms with Gasteiger partial charge in [0.05, 0.1) is 5.92 Å². The Labute approximate surface area is 145 Å². The Kier molecular flexibility index (Phi) is 5.11. The van der Waals surface area contributed by atoms with E-state index in [9.17, 15) is 14.0 Å². The number of imidazole rings is 1. The molecule has 1 fully saturated rings. The monoisotopic (exact) mass is 344 g/mol. The van der Waals surface area contributed by atoms with Crippen LogP contribution in [-0.4, -0.2) is 34.5 Å². The lowest BCUT2D eigenvalue weighted by molar-refractivity contribution is -0.126. The third kappa shape index (κ3) is 4.04. The molecule has 0 unspecified atom stereocenters. The van der Waals surface area contributed by atoms with E-state index in [2.05, 4.69) is 10.3 Å². The fourth-order valence-corrected chi connectivity index (χ4v) is 3.00. The van der Waals surface area contributed by atoms with Gasteiger partial charge in [0.15, 0.2) is 0 Å². The van der Waals surface area contributed by atoms with Gasteiger partial charge in [-0.05, 0) is 37.6 Å². The first-order chi connectivity index (χ1) is 12.0. The molecule has 2 amide bonds. The Morgan fingerprint density at radius 1 is 1.36 bits per heavy atom. The second-order valence-electron chi connectivity index (χ2n) is 6.19. The first kappa shape index (κ1) is 17.1. The zero-order chi connectivity index (χ0) is 17.8. The first-order valence-electron chi connectivity index (χ1n) is 8.36. The minimum atomic E-state index is -0.368. The lowest BCUT2D eigenvalue weighted by atomic mass is 10.1. The Morgan fingerprint density at radius 2 is 2.12 bits per heavy atom. The number of amides is 2. The maximum absolute atomic E-state index is 13.0. The zero-order valence-electron chi connectivity index (χ0n) is 14.1. The van der Waals surface area contributed by atoms with Crippen molar-refractivity contribution in [1.29, 1.82) is 0 Å². The van der Waals surface area contributed by atoms with Gasteiger partial charge in [-0.25, -0.2) is 9.37 Å². The largest absolute Gasteiger partial charge is 0.356 e. The highest BCUT2D eigenvalue weighted by molar-refractivity contribution is 6.00. The van der Waals surface area contributed by atoms with Crippen molar-refractivity contribution in [2.45, 2.75) is 26.3 Å². The maximum Gasteiger partial charge on any atom is 0.227 e. The average Bonchev–Trinajstić information content (AvgIpc) is 3.18. The number of anilines is 1. The van der Waals surface area contributed by atoms with Crippen molar-refractivity contribution in [1.82, 2.24) is 14.9 Å². The molecule has 132 valence electrons. The van der Waals surface area contributed by atoms with Crippen LogP contribution in [-0.2, 0) is 16.1 Å². The predicted octanol–water partition coefficient (Wildman–Crippen LogP) is 1.89. The molecule has 0 saturated carbocycles. The van der Waals surface area contributed by atoms with Crippen LogP contribution in [0.4, 0.5) is 10.1 Å². The molecule has 3 rings (SSSR count). The normalized spacial score (nSPS) is 17.1. The molecule has 1 saturated heterocycles. The van der Waals surface area contributed by atoms with E-state index in [-0.39, 0.29) is 30.0 Å². The molecule has 1 N–H and O–H groups in total. The van der Waals surface area contributed by atoms with Gasteiger partial charge in [0.25, 0.3) is 0 Å². The van der Waals surface area contributed by atoms with Crippen molar-refractivity contribution in [3.05, 3.63) is 48.3 Å². The molecule has 2 aromatic rings. The minimum absolute atomic E-state index is 0.110. The van der Waals surface area contributed by atoms with E-state index in [1.807, 2.05) is 17.7 Å². The van der Waals surface area contributed by atoms with Gasteiger partial charge in [0.2, 0.25) is 11.8 Å². The van der Waals surface area contributed by atoms with Gasteiger partial charge in [0, 0.05) is 44.1 Å². The number of aryl methyl sites for hydroxylation is 2. The van der Waals surface area contributed by atoms with Crippen LogP contribution in [0.25, 0.3) is 0 Å². The molecule has 1 aromatic heterocycles. The van der Waals surface area contributed by atoms with Crippen molar-refractivity contribution in [2.24, 2.45) is 5.92 Å². The summed E-state index contributed by atoms with van der Waals surface area (Å²) >= 11 is 0. The van der Waals surface area contributed by atoms with Crippen LogP contribution in [0.3, 0.4) is 0 Å². The number of rotatable bonds is 6. The van der Waals surface area contributed by atoms with E-state index in [1.54, 1.807) is 23.2 Å². The van der Waals surface area contributed by atoms with Crippen LogP contribution in [0, 0.1) is 18.7 Å². The summed E-state index contributed by atoms with van der Waals surface area (Å²) < 4.78 is 15.0. The van der Waals surface area contributed by atoms with Crippen LogP contribution in [0.5, 0.6) is 0 Å². The third-order valence-electron chi connectivity index (χ3n) is 4.43.